The predicted molar refractivity (Wildman–Crippen MR) is 255 cm³/mol. The molecule has 5 aliphatic heterocycles. The molecule has 5 saturated carbocycles. The van der Waals surface area contributed by atoms with E-state index in [-0.39, 0.29) is 39.4 Å². The normalized spacial score (nSPS) is 58.5. The zero-order valence-corrected chi connectivity index (χ0v) is 44.3. The van der Waals surface area contributed by atoms with Crippen molar-refractivity contribution in [1.29, 1.82) is 0 Å². The summed E-state index contributed by atoms with van der Waals surface area (Å²) in [7, 11) is 0. The molecule has 30 atom stereocenters. The quantitative estimate of drug-likeness (QED) is 0.0827. The van der Waals surface area contributed by atoms with Gasteiger partial charge in [0.25, 0.3) is 0 Å². The zero-order chi connectivity index (χ0) is 54.3. The third-order valence-corrected chi connectivity index (χ3v) is 22.3. The summed E-state index contributed by atoms with van der Waals surface area (Å²) in [6, 6.07) is 0. The van der Waals surface area contributed by atoms with Crippen molar-refractivity contribution in [2.75, 3.05) is 26.4 Å². The Morgan fingerprint density at radius 2 is 1.16 bits per heavy atom. The fraction of sp³-hybridized carbons (Fsp3) is 0.981. The van der Waals surface area contributed by atoms with Crippen LogP contribution >= 0.6 is 0 Å². The van der Waals surface area contributed by atoms with Crippen LogP contribution in [0.5, 0.6) is 0 Å². The van der Waals surface area contributed by atoms with Gasteiger partial charge in [-0.3, -0.25) is 0 Å². The number of carbonyl (C=O) groups excluding carboxylic acids is 1. The van der Waals surface area contributed by atoms with E-state index in [1.165, 1.54) is 6.92 Å². The number of aliphatic hydroxyl groups is 12. The summed E-state index contributed by atoms with van der Waals surface area (Å²) in [5.41, 5.74) is -2.58. The first-order valence-corrected chi connectivity index (χ1v) is 27.5. The number of aliphatic hydroxyl groups excluding tert-OH is 12. The second kappa shape index (κ2) is 20.1. The Morgan fingerprint density at radius 1 is 0.560 bits per heavy atom. The smallest absolute Gasteiger partial charge is 0.187 e. The highest BCUT2D eigenvalue weighted by Crippen LogP contribution is 2.80. The van der Waals surface area contributed by atoms with Crippen molar-refractivity contribution in [2.24, 2.45) is 50.2 Å². The monoisotopic (exact) mass is 1070 g/mol. The SMILES string of the molecule is C[C@H]1O[C@@H](O[C@H]2[C@H](O[C@@H]3CO[C@H](O[C@H]4CC[C@]5(C)[C@H]6CC[C@]78OC[C@@]9(CC[C@](C)(C=O)C[C@H]97)[C@H](O)C[C@@]8(C)[C@]6(C)CC[C@H]5C4(C)C)[C@@H](O[C@@H]4O[C@H](CO)[C@@H](O)[C@H](O)[C@H]4O)[C@@H]3O)O[C@H](CO)[C@@H](O)[C@@H]2O)[C@@H](O)[C@@H](O)[C@@H]1O. The average molecular weight is 1080 g/mol. The molecule has 10 fully saturated rings. The molecule has 430 valence electrons. The highest BCUT2D eigenvalue weighted by Gasteiger charge is 2.80. The van der Waals surface area contributed by atoms with E-state index in [0.29, 0.717) is 25.9 Å². The molecule has 5 aliphatic carbocycles. The molecular formula is C53H86O22. The Balaban J connectivity index is 0.902. The van der Waals surface area contributed by atoms with Crippen LogP contribution in [0.15, 0.2) is 0 Å². The van der Waals surface area contributed by atoms with E-state index < -0.39 is 165 Å². The molecule has 0 aromatic heterocycles. The zero-order valence-electron chi connectivity index (χ0n) is 44.3. The second-order valence-corrected chi connectivity index (χ2v) is 26.2. The Morgan fingerprint density at radius 3 is 1.81 bits per heavy atom. The minimum absolute atomic E-state index is 0.0717. The third kappa shape index (κ3) is 8.54. The molecule has 10 aliphatic rings. The van der Waals surface area contributed by atoms with Gasteiger partial charge in [-0.2, -0.15) is 0 Å². The summed E-state index contributed by atoms with van der Waals surface area (Å²) < 4.78 is 56.3. The van der Waals surface area contributed by atoms with Gasteiger partial charge in [-0.05, 0) is 105 Å². The molecule has 75 heavy (non-hydrogen) atoms. The molecule has 22 heteroatoms. The average Bonchev–Trinajstić information content (AvgIpc) is 3.66. The summed E-state index contributed by atoms with van der Waals surface area (Å²) in [6.07, 6.45) is -23.3. The van der Waals surface area contributed by atoms with Gasteiger partial charge in [-0.1, -0.05) is 41.5 Å². The van der Waals surface area contributed by atoms with E-state index in [1.54, 1.807) is 0 Å². The van der Waals surface area contributed by atoms with Gasteiger partial charge >= 0.3 is 0 Å². The van der Waals surface area contributed by atoms with Gasteiger partial charge < -0.3 is 109 Å². The lowest BCUT2D eigenvalue weighted by Gasteiger charge is -2.75. The van der Waals surface area contributed by atoms with E-state index in [2.05, 4.69) is 41.5 Å². The fourth-order valence-corrected chi connectivity index (χ4v) is 17.6. The van der Waals surface area contributed by atoms with Crippen LogP contribution in [0.1, 0.15) is 113 Å². The molecule has 5 heterocycles. The number of rotatable bonds is 11. The lowest BCUT2D eigenvalue weighted by Crippen LogP contribution is -2.74. The molecule has 0 radical (unpaired) electrons. The van der Waals surface area contributed by atoms with Crippen molar-refractivity contribution in [3.8, 4) is 0 Å². The van der Waals surface area contributed by atoms with Gasteiger partial charge in [0.15, 0.2) is 25.2 Å². The number of aldehydes is 1. The van der Waals surface area contributed by atoms with Gasteiger partial charge in [-0.15, -0.1) is 0 Å². The van der Waals surface area contributed by atoms with Crippen LogP contribution < -0.4 is 0 Å². The van der Waals surface area contributed by atoms with Crippen molar-refractivity contribution in [1.82, 2.24) is 0 Å². The maximum absolute atomic E-state index is 12.6. The van der Waals surface area contributed by atoms with E-state index in [0.717, 1.165) is 51.2 Å². The molecule has 10 rings (SSSR count). The van der Waals surface area contributed by atoms with Crippen molar-refractivity contribution in [2.45, 2.75) is 247 Å². The first-order chi connectivity index (χ1) is 35.2. The lowest BCUT2D eigenvalue weighted by atomic mass is 9.30. The van der Waals surface area contributed by atoms with E-state index in [1.807, 2.05) is 0 Å². The highest BCUT2D eigenvalue weighted by atomic mass is 16.8. The van der Waals surface area contributed by atoms with E-state index in [4.69, 9.17) is 42.6 Å². The van der Waals surface area contributed by atoms with Crippen molar-refractivity contribution < 1.29 is 109 Å². The molecule has 5 saturated heterocycles. The summed E-state index contributed by atoms with van der Waals surface area (Å²) in [4.78, 5) is 12.6. The van der Waals surface area contributed by atoms with Crippen LogP contribution in [0.2, 0.25) is 0 Å². The molecule has 12 N–H and O–H groups in total. The number of ether oxygens (including phenoxy) is 9. The Bertz CT molecular complexity index is 2050. The molecule has 0 aromatic carbocycles. The van der Waals surface area contributed by atoms with Gasteiger partial charge in [-0.25, -0.2) is 0 Å². The Labute approximate surface area is 437 Å². The van der Waals surface area contributed by atoms with Crippen molar-refractivity contribution in [3.05, 3.63) is 0 Å². The number of carbonyl (C=O) groups is 1. The summed E-state index contributed by atoms with van der Waals surface area (Å²) >= 11 is 0. The molecule has 0 amide bonds. The maximum atomic E-state index is 12.6. The fourth-order valence-electron chi connectivity index (χ4n) is 17.6. The third-order valence-electron chi connectivity index (χ3n) is 22.3. The van der Waals surface area contributed by atoms with Gasteiger partial charge in [0.2, 0.25) is 0 Å². The molecular weight excluding hydrogens is 989 g/mol. The first-order valence-electron chi connectivity index (χ1n) is 27.5. The molecule has 1 spiro atoms. The Kier molecular flexibility index (Phi) is 15.3. The van der Waals surface area contributed by atoms with Crippen LogP contribution in [-0.4, -0.2) is 229 Å². The highest BCUT2D eigenvalue weighted by molar-refractivity contribution is 5.59. The molecule has 2 bridgehead atoms. The van der Waals surface area contributed by atoms with Gasteiger partial charge in [0, 0.05) is 16.2 Å². The van der Waals surface area contributed by atoms with Crippen LogP contribution in [0.4, 0.5) is 0 Å². The van der Waals surface area contributed by atoms with Gasteiger partial charge in [0.05, 0.1) is 50.3 Å². The summed E-state index contributed by atoms with van der Waals surface area (Å²) in [5, 5.41) is 131. The number of hydrogen-bond donors (Lipinski definition) is 12. The lowest BCUT2D eigenvalue weighted by molar-refractivity contribution is -0.394. The van der Waals surface area contributed by atoms with Crippen LogP contribution in [0, 0.1) is 50.2 Å². The van der Waals surface area contributed by atoms with E-state index in [9.17, 15) is 66.1 Å². The molecule has 0 unspecified atom stereocenters. The topological polar surface area (TPSA) is 343 Å². The molecule has 0 aromatic rings. The van der Waals surface area contributed by atoms with Crippen LogP contribution in [-0.2, 0) is 47.4 Å². The summed E-state index contributed by atoms with van der Waals surface area (Å²) in [5.74, 6) is 0.451. The second-order valence-electron chi connectivity index (χ2n) is 26.2. The molecule has 22 nitrogen and oxygen atoms in total. The van der Waals surface area contributed by atoms with E-state index >= 15 is 0 Å². The maximum Gasteiger partial charge on any atom is 0.187 e. The van der Waals surface area contributed by atoms with Gasteiger partial charge in [0.1, 0.15) is 91.7 Å². The number of hydrogen-bond acceptors (Lipinski definition) is 22. The van der Waals surface area contributed by atoms with Crippen molar-refractivity contribution in [3.63, 3.8) is 0 Å². The largest absolute Gasteiger partial charge is 0.394 e. The summed E-state index contributed by atoms with van der Waals surface area (Å²) in [6.45, 7) is 13.6. The Hall–Kier alpha value is -1.17. The predicted octanol–water partition coefficient (Wildman–Crippen LogP) is -1.50. The number of fused-ring (bicyclic) bond motifs is 4. The van der Waals surface area contributed by atoms with Crippen LogP contribution in [0.3, 0.4) is 0 Å². The van der Waals surface area contributed by atoms with Crippen molar-refractivity contribution >= 4 is 6.29 Å². The minimum atomic E-state index is -1.89. The standard InChI is InChI=1S/C53H86O22/c1-23-32(58)36(62)39(65)43(69-23)75-42-38(64)34(60)25(19-55)71-46(42)72-26-20-67-45(41(35(26)61)74-44-40(66)37(63)33(59)24(18-54)70-44)73-31-10-11-49(5)27(47(31,2)3)8-12-50(6)28(49)9-13-53-29-16-48(4,21-56)14-15-52(29,22-68-53)30(57)17-51(50,53)7/h21,23-46,54-55,57-66H,8-20,22H2,1-7H3/t23-,24-,25-,26-,27+,28-,29-,30-,31+,32-,33-,34-,35-,36+,37+,38+,39+,40-,41+,42-,43+,44+,45-,46+,48+,49+,50-,51+,52-,53+/m1/s1. The minimum Gasteiger partial charge on any atom is -0.394 e. The van der Waals surface area contributed by atoms with Crippen LogP contribution in [0.25, 0.3) is 0 Å². The first kappa shape index (κ1) is 57.1.